The zero-order valence-electron chi connectivity index (χ0n) is 8.38. The molecular formula is C8H12B2F2N2O. The first-order chi connectivity index (χ1) is 6.79. The van der Waals surface area contributed by atoms with Gasteiger partial charge in [-0.15, -0.1) is 0 Å². The Labute approximate surface area is 90.1 Å². The molecule has 0 aromatic heterocycles. The van der Waals surface area contributed by atoms with E-state index in [9.17, 15) is 8.78 Å². The van der Waals surface area contributed by atoms with Gasteiger partial charge >= 0.3 is 0 Å². The van der Waals surface area contributed by atoms with Crippen LogP contribution in [0.2, 0.25) is 5.21 Å². The molecule has 1 unspecified atom stereocenters. The van der Waals surface area contributed by atoms with Crippen molar-refractivity contribution in [2.45, 2.75) is 29.5 Å². The molecule has 15 heavy (non-hydrogen) atoms. The lowest BCUT2D eigenvalue weighted by Gasteiger charge is -2.30. The molecule has 0 saturated carbocycles. The van der Waals surface area contributed by atoms with Crippen LogP contribution in [-0.2, 0) is 4.84 Å². The molecule has 2 rings (SSSR count). The third-order valence-corrected chi connectivity index (χ3v) is 3.18. The summed E-state index contributed by atoms with van der Waals surface area (Å²) in [5.41, 5.74) is -0.790. The van der Waals surface area contributed by atoms with Gasteiger partial charge in [-0.25, -0.2) is 14.7 Å². The summed E-state index contributed by atoms with van der Waals surface area (Å²) in [5, 5.41) is -0.922. The average Bonchev–Trinajstić information content (AvgIpc) is 2.31. The van der Waals surface area contributed by atoms with Crippen LogP contribution in [0.25, 0.3) is 0 Å². The third-order valence-electron chi connectivity index (χ3n) is 3.18. The molecule has 2 heterocycles. The highest BCUT2D eigenvalue weighted by Crippen LogP contribution is 2.52. The average molecular weight is 212 g/mol. The van der Waals surface area contributed by atoms with E-state index in [0.29, 0.717) is 0 Å². The smallest absolute Gasteiger partial charge is 0.262 e. The number of hydrogen-bond donors (Lipinski definition) is 1. The van der Waals surface area contributed by atoms with Gasteiger partial charge < -0.3 is 4.84 Å². The highest BCUT2D eigenvalue weighted by molar-refractivity contribution is 6.40. The normalized spacial score (nSPS) is 38.1. The van der Waals surface area contributed by atoms with Crippen LogP contribution in [-0.4, -0.2) is 51.8 Å². The molecule has 2 saturated heterocycles. The molecule has 2 N–H and O–H groups in total. The summed E-state index contributed by atoms with van der Waals surface area (Å²) >= 11 is 0. The number of hydrogen-bond acceptors (Lipinski definition) is 3. The molecule has 4 radical (unpaired) electrons. The van der Waals surface area contributed by atoms with Crippen molar-refractivity contribution in [3.63, 3.8) is 0 Å². The molecule has 0 spiro atoms. The maximum atomic E-state index is 13.3. The molecule has 1 atom stereocenters. The minimum atomic E-state index is -2.70. The molecule has 80 valence electrons. The predicted octanol–water partition coefficient (Wildman–Crippen LogP) is -0.187. The van der Waals surface area contributed by atoms with Crippen LogP contribution in [0.3, 0.4) is 0 Å². The van der Waals surface area contributed by atoms with E-state index >= 15 is 0 Å². The molecule has 0 aromatic rings. The Kier molecular flexibility index (Phi) is 2.41. The lowest BCUT2D eigenvalue weighted by molar-refractivity contribution is 0.00229. The summed E-state index contributed by atoms with van der Waals surface area (Å²) in [6.07, 6.45) is 0.000139. The molecule has 0 aliphatic carbocycles. The number of rotatable bonds is 2. The summed E-state index contributed by atoms with van der Waals surface area (Å²) < 4.78 is 26.5. The highest BCUT2D eigenvalue weighted by Gasteiger charge is 2.60. The predicted molar refractivity (Wildman–Crippen MR) is 52.8 cm³/mol. The van der Waals surface area contributed by atoms with Gasteiger partial charge in [-0.3, -0.25) is 4.90 Å². The lowest BCUT2D eigenvalue weighted by Crippen LogP contribution is -2.43. The van der Waals surface area contributed by atoms with Crippen LogP contribution in [0.5, 0.6) is 0 Å². The zero-order chi connectivity index (χ0) is 11.3. The van der Waals surface area contributed by atoms with Gasteiger partial charge in [0, 0.05) is 6.42 Å². The van der Waals surface area contributed by atoms with E-state index < -0.39 is 16.7 Å². The van der Waals surface area contributed by atoms with E-state index in [4.69, 9.17) is 21.6 Å². The molecule has 0 aromatic carbocycles. The Morgan fingerprint density at radius 2 is 1.93 bits per heavy atom. The summed E-state index contributed by atoms with van der Waals surface area (Å²) in [5.74, 6) is 2.28. The monoisotopic (exact) mass is 212 g/mol. The van der Waals surface area contributed by atoms with Gasteiger partial charge in [-0.05, 0) is 13.0 Å². The minimum Gasteiger partial charge on any atom is -0.303 e. The van der Waals surface area contributed by atoms with Gasteiger partial charge in [0.05, 0.1) is 34.4 Å². The number of halogens is 2. The number of fused-ring (bicyclic) bond motifs is 1. The Morgan fingerprint density at radius 3 is 2.53 bits per heavy atom. The molecular weight excluding hydrogens is 200 g/mol. The second-order valence-corrected chi connectivity index (χ2v) is 4.83. The zero-order valence-corrected chi connectivity index (χ0v) is 8.38. The van der Waals surface area contributed by atoms with Crippen molar-refractivity contribution in [3.8, 4) is 0 Å². The van der Waals surface area contributed by atoms with Crippen LogP contribution in [0.1, 0.15) is 12.8 Å². The molecule has 0 amide bonds. The van der Waals surface area contributed by atoms with Gasteiger partial charge in [-0.1, -0.05) is 5.21 Å². The fourth-order valence-corrected chi connectivity index (χ4v) is 2.87. The van der Waals surface area contributed by atoms with Gasteiger partial charge in [0.2, 0.25) is 0 Å². The molecule has 2 fully saturated rings. The Bertz CT molecular complexity index is 255. The van der Waals surface area contributed by atoms with E-state index in [1.54, 1.807) is 4.90 Å². The SMILES string of the molecule is [B]C1([B])CN2CC(F)(F)CC2(CON)C1. The second kappa shape index (κ2) is 3.18. The van der Waals surface area contributed by atoms with Crippen molar-refractivity contribution in [2.75, 3.05) is 19.7 Å². The van der Waals surface area contributed by atoms with Gasteiger partial charge in [0.1, 0.15) is 0 Å². The lowest BCUT2D eigenvalue weighted by atomic mass is 9.52. The first kappa shape index (κ1) is 11.4. The second-order valence-electron chi connectivity index (χ2n) is 4.83. The van der Waals surface area contributed by atoms with Crippen LogP contribution >= 0.6 is 0 Å². The van der Waals surface area contributed by atoms with Gasteiger partial charge in [-0.2, -0.15) is 0 Å². The maximum absolute atomic E-state index is 13.3. The standard InChI is InChI=1S/C8H12B2F2N2O/c9-7(10)1-6(5-15-13)2-8(11,12)4-14(6)3-7/h1-5,13H2. The largest absolute Gasteiger partial charge is 0.303 e. The third kappa shape index (κ3) is 1.92. The quantitative estimate of drug-likeness (QED) is 0.509. The van der Waals surface area contributed by atoms with Gasteiger partial charge in [0.15, 0.2) is 0 Å². The van der Waals surface area contributed by atoms with Crippen LogP contribution < -0.4 is 5.90 Å². The molecule has 0 bridgehead atoms. The van der Waals surface area contributed by atoms with E-state index in [1.165, 1.54) is 0 Å². The van der Waals surface area contributed by atoms with E-state index in [1.807, 2.05) is 0 Å². The molecule has 7 heteroatoms. The molecule has 2 aliphatic heterocycles. The van der Waals surface area contributed by atoms with Crippen LogP contribution in [0, 0.1) is 0 Å². The Balaban J connectivity index is 2.22. The van der Waals surface area contributed by atoms with Crippen LogP contribution in [0.4, 0.5) is 8.78 Å². The van der Waals surface area contributed by atoms with Crippen LogP contribution in [0.15, 0.2) is 0 Å². The van der Waals surface area contributed by atoms with Gasteiger partial charge in [0.25, 0.3) is 5.92 Å². The summed E-state index contributed by atoms with van der Waals surface area (Å²) in [6, 6.07) is 0. The summed E-state index contributed by atoms with van der Waals surface area (Å²) in [7, 11) is 11.5. The van der Waals surface area contributed by atoms with E-state index in [-0.39, 0.29) is 32.5 Å². The summed E-state index contributed by atoms with van der Waals surface area (Å²) in [4.78, 5) is 6.13. The number of alkyl halides is 2. The number of nitrogens with zero attached hydrogens (tertiary/aromatic N) is 1. The Hall–Kier alpha value is -0.130. The highest BCUT2D eigenvalue weighted by atomic mass is 19.3. The topological polar surface area (TPSA) is 38.5 Å². The van der Waals surface area contributed by atoms with Crippen molar-refractivity contribution in [1.29, 1.82) is 0 Å². The maximum Gasteiger partial charge on any atom is 0.262 e. The first-order valence-corrected chi connectivity index (χ1v) is 4.81. The molecule has 3 nitrogen and oxygen atoms in total. The Morgan fingerprint density at radius 1 is 1.27 bits per heavy atom. The summed E-state index contributed by atoms with van der Waals surface area (Å²) in [6.45, 7) is -0.0167. The van der Waals surface area contributed by atoms with Crippen molar-refractivity contribution < 1.29 is 13.6 Å². The van der Waals surface area contributed by atoms with E-state index in [0.717, 1.165) is 0 Å². The molecule has 2 aliphatic rings. The van der Waals surface area contributed by atoms with E-state index in [2.05, 4.69) is 4.84 Å². The van der Waals surface area contributed by atoms with Crippen molar-refractivity contribution in [1.82, 2.24) is 4.90 Å². The first-order valence-electron chi connectivity index (χ1n) is 4.81. The number of nitrogens with two attached hydrogens (primary N) is 1. The van der Waals surface area contributed by atoms with Crippen molar-refractivity contribution in [2.24, 2.45) is 5.90 Å². The fraction of sp³-hybridized carbons (Fsp3) is 1.00. The minimum absolute atomic E-state index is 0.0404. The fourth-order valence-electron chi connectivity index (χ4n) is 2.87. The van der Waals surface area contributed by atoms with Crippen molar-refractivity contribution in [3.05, 3.63) is 0 Å². The van der Waals surface area contributed by atoms with Crippen molar-refractivity contribution >= 4 is 15.7 Å².